The van der Waals surface area contributed by atoms with Crippen LogP contribution in [-0.4, -0.2) is 41.6 Å². The second-order valence-corrected chi connectivity index (χ2v) is 11.3. The first kappa shape index (κ1) is 30.1. The lowest BCUT2D eigenvalue weighted by molar-refractivity contribution is -0.132. The molecule has 9 heteroatoms. The van der Waals surface area contributed by atoms with Gasteiger partial charge in [0.2, 0.25) is 0 Å². The summed E-state index contributed by atoms with van der Waals surface area (Å²) < 4.78 is 18.4. The van der Waals surface area contributed by atoms with E-state index in [9.17, 15) is 14.7 Å². The highest BCUT2D eigenvalue weighted by Gasteiger charge is 2.48. The van der Waals surface area contributed by atoms with Gasteiger partial charge in [-0.05, 0) is 63.1 Å². The number of thiazole rings is 1. The maximum Gasteiger partial charge on any atom is 0.301 e. The number of hydrogen-bond acceptors (Lipinski definition) is 8. The van der Waals surface area contributed by atoms with Crippen LogP contribution in [0.3, 0.4) is 0 Å². The molecule has 1 saturated heterocycles. The monoisotopic (exact) mass is 600 g/mol. The van der Waals surface area contributed by atoms with Crippen molar-refractivity contribution in [2.75, 3.05) is 24.7 Å². The smallest absolute Gasteiger partial charge is 0.301 e. The molecule has 8 nitrogen and oxygen atoms in total. The largest absolute Gasteiger partial charge is 0.507 e. The van der Waals surface area contributed by atoms with Crippen molar-refractivity contribution in [2.24, 2.45) is 0 Å². The minimum atomic E-state index is -0.943. The lowest BCUT2D eigenvalue weighted by atomic mass is 9.95. The van der Waals surface area contributed by atoms with Crippen LogP contribution in [0, 0.1) is 6.92 Å². The standard InChI is InChI=1S/C34H36N2O6S/c1-5-8-9-18-42-26-17-14-23(19-27(26)41-7-3)30-29(31(37)22-12-10-21(4)11-13-22)32(38)33(39)36(30)34-35-25-16-15-24(40-6-2)20-28(25)43-34/h10-17,19-20,30,37H,5-9,18H2,1-4H3. The van der Waals surface area contributed by atoms with Crippen LogP contribution in [0.2, 0.25) is 0 Å². The lowest BCUT2D eigenvalue weighted by Crippen LogP contribution is -2.29. The van der Waals surface area contributed by atoms with Gasteiger partial charge in [0, 0.05) is 5.56 Å². The molecule has 1 N–H and O–H groups in total. The molecule has 0 saturated carbocycles. The number of aliphatic hydroxyl groups excluding tert-OH is 1. The molecule has 0 aliphatic carbocycles. The number of carbonyl (C=O) groups is 2. The minimum absolute atomic E-state index is 0.0119. The van der Waals surface area contributed by atoms with Crippen LogP contribution in [0.5, 0.6) is 17.2 Å². The first-order chi connectivity index (χ1) is 20.9. The molecule has 0 radical (unpaired) electrons. The van der Waals surface area contributed by atoms with Crippen molar-refractivity contribution in [3.8, 4) is 17.2 Å². The highest BCUT2D eigenvalue weighted by molar-refractivity contribution is 7.22. The molecule has 1 fully saturated rings. The molecule has 2 heterocycles. The van der Waals surface area contributed by atoms with E-state index >= 15 is 0 Å². The molecule has 224 valence electrons. The number of anilines is 1. The van der Waals surface area contributed by atoms with Crippen LogP contribution in [0.15, 0.2) is 66.2 Å². The van der Waals surface area contributed by atoms with E-state index in [1.165, 1.54) is 16.2 Å². The zero-order valence-corrected chi connectivity index (χ0v) is 25.7. The molecule has 0 bridgehead atoms. The van der Waals surface area contributed by atoms with Gasteiger partial charge in [0.15, 0.2) is 16.6 Å². The molecule has 43 heavy (non-hydrogen) atoms. The number of carbonyl (C=O) groups excluding carboxylic acids is 2. The molecule has 1 aliphatic rings. The summed E-state index contributed by atoms with van der Waals surface area (Å²) in [5.41, 5.74) is 2.70. The van der Waals surface area contributed by atoms with Gasteiger partial charge >= 0.3 is 5.91 Å². The molecule has 3 aromatic carbocycles. The molecule has 1 unspecified atom stereocenters. The highest BCUT2D eigenvalue weighted by atomic mass is 32.1. The Morgan fingerprint density at radius 3 is 2.40 bits per heavy atom. The third kappa shape index (κ3) is 6.22. The van der Waals surface area contributed by atoms with E-state index in [-0.39, 0.29) is 11.3 Å². The first-order valence-electron chi connectivity index (χ1n) is 14.7. The summed E-state index contributed by atoms with van der Waals surface area (Å²) in [4.78, 5) is 33.5. The van der Waals surface area contributed by atoms with Crippen molar-refractivity contribution < 1.29 is 28.9 Å². The van der Waals surface area contributed by atoms with Crippen molar-refractivity contribution >= 4 is 44.1 Å². The van der Waals surface area contributed by atoms with Crippen LogP contribution in [0.25, 0.3) is 16.0 Å². The SMILES string of the molecule is CCCCCOc1ccc(C2C(=C(O)c3ccc(C)cc3)C(=O)C(=O)N2c2nc3ccc(OCC)cc3s2)cc1OCC. The molecule has 4 aromatic rings. The third-order valence-corrected chi connectivity index (χ3v) is 8.24. The van der Waals surface area contributed by atoms with Gasteiger partial charge in [-0.25, -0.2) is 4.98 Å². The zero-order valence-electron chi connectivity index (χ0n) is 24.9. The number of nitrogens with zero attached hydrogens (tertiary/aromatic N) is 2. The van der Waals surface area contributed by atoms with E-state index in [0.29, 0.717) is 58.8 Å². The third-order valence-electron chi connectivity index (χ3n) is 7.22. The van der Waals surface area contributed by atoms with Gasteiger partial charge in [-0.2, -0.15) is 0 Å². The number of unbranched alkanes of at least 4 members (excludes halogenated alkanes) is 2. The van der Waals surface area contributed by atoms with E-state index in [1.54, 1.807) is 24.3 Å². The van der Waals surface area contributed by atoms with Crippen LogP contribution >= 0.6 is 11.3 Å². The molecular weight excluding hydrogens is 564 g/mol. The van der Waals surface area contributed by atoms with Gasteiger partial charge in [0.1, 0.15) is 11.5 Å². The Morgan fingerprint density at radius 1 is 0.907 bits per heavy atom. The second kappa shape index (κ2) is 13.3. The maximum atomic E-state index is 13.7. The van der Waals surface area contributed by atoms with E-state index in [1.807, 2.05) is 57.2 Å². The number of aryl methyl sites for hydroxylation is 1. The van der Waals surface area contributed by atoms with Crippen molar-refractivity contribution in [2.45, 2.75) is 53.0 Å². The summed E-state index contributed by atoms with van der Waals surface area (Å²) in [5, 5.41) is 11.9. The number of aromatic nitrogens is 1. The molecule has 1 atom stereocenters. The predicted molar refractivity (Wildman–Crippen MR) is 169 cm³/mol. The number of benzene rings is 3. The van der Waals surface area contributed by atoms with Gasteiger partial charge in [0.25, 0.3) is 5.78 Å². The summed E-state index contributed by atoms with van der Waals surface area (Å²) >= 11 is 1.29. The minimum Gasteiger partial charge on any atom is -0.507 e. The average molecular weight is 601 g/mol. The molecule has 5 rings (SSSR count). The van der Waals surface area contributed by atoms with Crippen molar-refractivity contribution in [3.63, 3.8) is 0 Å². The lowest BCUT2D eigenvalue weighted by Gasteiger charge is -2.24. The zero-order chi connectivity index (χ0) is 30.5. The van der Waals surface area contributed by atoms with E-state index in [2.05, 4.69) is 6.92 Å². The Balaban J connectivity index is 1.65. The number of amides is 1. The number of hydrogen-bond donors (Lipinski definition) is 1. The van der Waals surface area contributed by atoms with Crippen molar-refractivity contribution in [1.29, 1.82) is 0 Å². The van der Waals surface area contributed by atoms with Crippen LogP contribution < -0.4 is 19.1 Å². The van der Waals surface area contributed by atoms with E-state index < -0.39 is 17.7 Å². The maximum absolute atomic E-state index is 13.7. The summed E-state index contributed by atoms with van der Waals surface area (Å²) in [7, 11) is 0. The molecule has 1 aromatic heterocycles. The normalized spacial score (nSPS) is 16.2. The van der Waals surface area contributed by atoms with E-state index in [0.717, 1.165) is 29.5 Å². The van der Waals surface area contributed by atoms with Crippen LogP contribution in [0.4, 0.5) is 5.13 Å². The highest BCUT2D eigenvalue weighted by Crippen LogP contribution is 2.46. The second-order valence-electron chi connectivity index (χ2n) is 10.3. The Kier molecular flexibility index (Phi) is 9.31. The average Bonchev–Trinajstić information content (AvgIpc) is 3.53. The summed E-state index contributed by atoms with van der Waals surface area (Å²) in [6.45, 7) is 9.34. The molecule has 0 spiro atoms. The quantitative estimate of drug-likeness (QED) is 0.0774. The number of Topliss-reactive ketones (excluding diaryl/α,β-unsaturated/α-hetero) is 1. The fourth-order valence-electron chi connectivity index (χ4n) is 5.08. The number of fused-ring (bicyclic) bond motifs is 1. The number of ether oxygens (including phenoxy) is 3. The van der Waals surface area contributed by atoms with Crippen LogP contribution in [0.1, 0.15) is 62.8 Å². The van der Waals surface area contributed by atoms with Gasteiger partial charge < -0.3 is 19.3 Å². The Labute approximate surface area is 255 Å². The summed E-state index contributed by atoms with van der Waals surface area (Å²) in [6, 6.07) is 17.1. The van der Waals surface area contributed by atoms with E-state index in [4.69, 9.17) is 19.2 Å². The van der Waals surface area contributed by atoms with Gasteiger partial charge in [-0.3, -0.25) is 14.5 Å². The first-order valence-corrected chi connectivity index (χ1v) is 15.5. The van der Waals surface area contributed by atoms with Crippen molar-refractivity contribution in [1.82, 2.24) is 4.98 Å². The Bertz CT molecular complexity index is 1660. The predicted octanol–water partition coefficient (Wildman–Crippen LogP) is 7.60. The van der Waals surface area contributed by atoms with Gasteiger partial charge in [-0.15, -0.1) is 0 Å². The fraction of sp³-hybridized carbons (Fsp3) is 0.324. The Morgan fingerprint density at radius 2 is 1.67 bits per heavy atom. The van der Waals surface area contributed by atoms with Gasteiger partial charge in [0.05, 0.1) is 41.7 Å². The molecular formula is C34H36N2O6S. The Hall–Kier alpha value is -4.37. The fourth-order valence-corrected chi connectivity index (χ4v) is 6.10. The number of rotatable bonds is 12. The summed E-state index contributed by atoms with van der Waals surface area (Å²) in [5.74, 6) is -0.0120. The summed E-state index contributed by atoms with van der Waals surface area (Å²) in [6.07, 6.45) is 3.06. The molecule has 1 aliphatic heterocycles. The van der Waals surface area contributed by atoms with Gasteiger partial charge in [-0.1, -0.05) is 67.0 Å². The topological polar surface area (TPSA) is 98.2 Å². The molecule has 1 amide bonds. The number of ketones is 1. The number of aliphatic hydroxyl groups is 1. The van der Waals surface area contributed by atoms with Crippen molar-refractivity contribution in [3.05, 3.63) is 82.9 Å². The van der Waals surface area contributed by atoms with Crippen LogP contribution in [-0.2, 0) is 9.59 Å².